The molecule has 1 fully saturated rings. The van der Waals surface area contributed by atoms with Crippen LogP contribution < -0.4 is 10.6 Å². The lowest BCUT2D eigenvalue weighted by atomic mass is 10.1. The Balaban J connectivity index is 1.83. The minimum atomic E-state index is 0.566. The summed E-state index contributed by atoms with van der Waals surface area (Å²) < 4.78 is 5.40. The van der Waals surface area contributed by atoms with E-state index in [-0.39, 0.29) is 0 Å². The van der Waals surface area contributed by atoms with Crippen LogP contribution in [0.4, 0.5) is 0 Å². The van der Waals surface area contributed by atoms with Crippen LogP contribution in [0.15, 0.2) is 0 Å². The van der Waals surface area contributed by atoms with E-state index in [9.17, 15) is 0 Å². The lowest BCUT2D eigenvalue weighted by Gasteiger charge is -2.23. The van der Waals surface area contributed by atoms with Gasteiger partial charge in [0.25, 0.3) is 0 Å². The zero-order valence-corrected chi connectivity index (χ0v) is 10.2. The molecular weight excluding hydrogens is 188 g/mol. The third kappa shape index (κ3) is 6.88. The molecule has 0 aromatic carbocycles. The van der Waals surface area contributed by atoms with E-state index in [0.29, 0.717) is 6.04 Å². The molecule has 90 valence electrons. The Hall–Kier alpha value is -0.120. The summed E-state index contributed by atoms with van der Waals surface area (Å²) in [5.41, 5.74) is 0. The lowest BCUT2D eigenvalue weighted by molar-refractivity contribution is 0.0743. The fourth-order valence-corrected chi connectivity index (χ4v) is 1.84. The summed E-state index contributed by atoms with van der Waals surface area (Å²) in [6, 6.07) is 0.566. The molecule has 1 atom stereocenters. The highest BCUT2D eigenvalue weighted by Gasteiger charge is 2.11. The molecular formula is C12H26N2O. The number of hydrogen-bond donors (Lipinski definition) is 2. The summed E-state index contributed by atoms with van der Waals surface area (Å²) >= 11 is 0. The molecule has 1 saturated heterocycles. The van der Waals surface area contributed by atoms with Gasteiger partial charge >= 0.3 is 0 Å². The molecule has 0 radical (unpaired) electrons. The molecule has 1 aliphatic rings. The first-order chi connectivity index (χ1) is 7.29. The minimum Gasteiger partial charge on any atom is -0.379 e. The van der Waals surface area contributed by atoms with E-state index in [4.69, 9.17) is 4.74 Å². The number of rotatable bonds is 7. The van der Waals surface area contributed by atoms with Crippen molar-refractivity contribution in [2.45, 2.75) is 39.2 Å². The standard InChI is InChI=1S/C12H26N2O/c1-11(2)4-3-6-13-7-5-12-10-15-9-8-14-12/h11-14H,3-10H2,1-2H3. The average molecular weight is 214 g/mol. The minimum absolute atomic E-state index is 0.566. The summed E-state index contributed by atoms with van der Waals surface area (Å²) in [4.78, 5) is 0. The maximum atomic E-state index is 5.40. The van der Waals surface area contributed by atoms with E-state index in [1.54, 1.807) is 0 Å². The molecule has 0 bridgehead atoms. The number of morpholine rings is 1. The Morgan fingerprint density at radius 3 is 2.93 bits per heavy atom. The molecule has 1 rings (SSSR count). The van der Waals surface area contributed by atoms with Gasteiger partial charge in [-0.2, -0.15) is 0 Å². The van der Waals surface area contributed by atoms with Gasteiger partial charge in [-0.1, -0.05) is 13.8 Å². The summed E-state index contributed by atoms with van der Waals surface area (Å²) in [5, 5.41) is 6.96. The SMILES string of the molecule is CC(C)CCCNCCC1COCCN1. The van der Waals surface area contributed by atoms with Gasteiger partial charge in [-0.15, -0.1) is 0 Å². The molecule has 3 nitrogen and oxygen atoms in total. The maximum absolute atomic E-state index is 5.40. The highest BCUT2D eigenvalue weighted by molar-refractivity contribution is 4.70. The zero-order chi connectivity index (χ0) is 10.9. The van der Waals surface area contributed by atoms with Crippen LogP contribution in [0.2, 0.25) is 0 Å². The molecule has 1 heterocycles. The summed E-state index contributed by atoms with van der Waals surface area (Å²) in [6.45, 7) is 9.60. The Bertz CT molecular complexity index is 145. The Labute approximate surface area is 94.0 Å². The van der Waals surface area contributed by atoms with Gasteiger partial charge < -0.3 is 15.4 Å². The van der Waals surface area contributed by atoms with Crippen molar-refractivity contribution in [3.8, 4) is 0 Å². The van der Waals surface area contributed by atoms with Crippen LogP contribution in [0.5, 0.6) is 0 Å². The molecule has 0 saturated carbocycles. The Kier molecular flexibility index (Phi) is 6.98. The van der Waals surface area contributed by atoms with E-state index in [0.717, 1.165) is 38.8 Å². The summed E-state index contributed by atoms with van der Waals surface area (Å²) in [7, 11) is 0. The second-order valence-corrected chi connectivity index (χ2v) is 4.80. The first-order valence-corrected chi connectivity index (χ1v) is 6.31. The summed E-state index contributed by atoms with van der Waals surface area (Å²) in [6.07, 6.45) is 3.81. The number of nitrogens with one attached hydrogen (secondary N) is 2. The van der Waals surface area contributed by atoms with Gasteiger partial charge in [-0.25, -0.2) is 0 Å². The van der Waals surface area contributed by atoms with E-state index in [2.05, 4.69) is 24.5 Å². The number of hydrogen-bond acceptors (Lipinski definition) is 3. The number of ether oxygens (including phenoxy) is 1. The lowest BCUT2D eigenvalue weighted by Crippen LogP contribution is -2.42. The first-order valence-electron chi connectivity index (χ1n) is 6.31. The molecule has 15 heavy (non-hydrogen) atoms. The molecule has 3 heteroatoms. The fraction of sp³-hybridized carbons (Fsp3) is 1.00. The highest BCUT2D eigenvalue weighted by Crippen LogP contribution is 2.02. The van der Waals surface area contributed by atoms with Gasteiger partial charge in [0.2, 0.25) is 0 Å². The molecule has 0 aliphatic carbocycles. The van der Waals surface area contributed by atoms with Gasteiger partial charge in [0.05, 0.1) is 13.2 Å². The fourth-order valence-electron chi connectivity index (χ4n) is 1.84. The maximum Gasteiger partial charge on any atom is 0.0620 e. The van der Waals surface area contributed by atoms with Crippen molar-refractivity contribution in [1.82, 2.24) is 10.6 Å². The van der Waals surface area contributed by atoms with Crippen LogP contribution in [-0.4, -0.2) is 38.9 Å². The van der Waals surface area contributed by atoms with E-state index in [1.807, 2.05) is 0 Å². The smallest absolute Gasteiger partial charge is 0.0620 e. The molecule has 0 aromatic heterocycles. The van der Waals surface area contributed by atoms with Gasteiger partial charge in [-0.05, 0) is 38.3 Å². The van der Waals surface area contributed by atoms with E-state index < -0.39 is 0 Å². The van der Waals surface area contributed by atoms with E-state index >= 15 is 0 Å². The first kappa shape index (κ1) is 12.9. The van der Waals surface area contributed by atoms with Gasteiger partial charge in [0, 0.05) is 12.6 Å². The quantitative estimate of drug-likeness (QED) is 0.628. The average Bonchev–Trinajstić information content (AvgIpc) is 2.24. The highest BCUT2D eigenvalue weighted by atomic mass is 16.5. The van der Waals surface area contributed by atoms with Crippen molar-refractivity contribution >= 4 is 0 Å². The predicted molar refractivity (Wildman–Crippen MR) is 64.2 cm³/mol. The predicted octanol–water partition coefficient (Wildman–Crippen LogP) is 1.39. The van der Waals surface area contributed by atoms with Crippen molar-refractivity contribution in [1.29, 1.82) is 0 Å². The van der Waals surface area contributed by atoms with Crippen LogP contribution in [0.3, 0.4) is 0 Å². The Morgan fingerprint density at radius 1 is 1.40 bits per heavy atom. The largest absolute Gasteiger partial charge is 0.379 e. The normalized spacial score (nSPS) is 22.2. The Morgan fingerprint density at radius 2 is 2.27 bits per heavy atom. The van der Waals surface area contributed by atoms with Crippen molar-refractivity contribution in [3.63, 3.8) is 0 Å². The van der Waals surface area contributed by atoms with Crippen LogP contribution in [0.25, 0.3) is 0 Å². The van der Waals surface area contributed by atoms with Crippen LogP contribution in [0, 0.1) is 5.92 Å². The summed E-state index contributed by atoms with van der Waals surface area (Å²) in [5.74, 6) is 0.834. The monoisotopic (exact) mass is 214 g/mol. The van der Waals surface area contributed by atoms with Gasteiger partial charge in [-0.3, -0.25) is 0 Å². The van der Waals surface area contributed by atoms with E-state index in [1.165, 1.54) is 19.3 Å². The van der Waals surface area contributed by atoms with Crippen molar-refractivity contribution in [2.24, 2.45) is 5.92 Å². The van der Waals surface area contributed by atoms with Crippen molar-refractivity contribution < 1.29 is 4.74 Å². The topological polar surface area (TPSA) is 33.3 Å². The third-order valence-electron chi connectivity index (χ3n) is 2.80. The van der Waals surface area contributed by atoms with Gasteiger partial charge in [0.1, 0.15) is 0 Å². The van der Waals surface area contributed by atoms with Crippen molar-refractivity contribution in [2.75, 3.05) is 32.8 Å². The molecule has 0 amide bonds. The van der Waals surface area contributed by atoms with Crippen LogP contribution in [-0.2, 0) is 4.74 Å². The molecule has 2 N–H and O–H groups in total. The van der Waals surface area contributed by atoms with Gasteiger partial charge in [0.15, 0.2) is 0 Å². The zero-order valence-electron chi connectivity index (χ0n) is 10.2. The molecule has 1 aliphatic heterocycles. The second-order valence-electron chi connectivity index (χ2n) is 4.80. The molecule has 1 unspecified atom stereocenters. The second kappa shape index (κ2) is 8.08. The third-order valence-corrected chi connectivity index (χ3v) is 2.80. The molecule has 0 spiro atoms. The molecule has 0 aromatic rings. The van der Waals surface area contributed by atoms with Crippen LogP contribution in [0.1, 0.15) is 33.1 Å². The van der Waals surface area contributed by atoms with Crippen LogP contribution >= 0.6 is 0 Å². The van der Waals surface area contributed by atoms with Crippen molar-refractivity contribution in [3.05, 3.63) is 0 Å².